The average molecular weight is 369 g/mol. The molecule has 2 atom stereocenters. The van der Waals surface area contributed by atoms with Gasteiger partial charge in [0, 0.05) is 4.75 Å². The van der Waals surface area contributed by atoms with Gasteiger partial charge in [0.05, 0.1) is 4.90 Å². The molecule has 0 aromatic heterocycles. The molecule has 1 aromatic rings. The van der Waals surface area contributed by atoms with Crippen LogP contribution in [0.4, 0.5) is 0 Å². The van der Waals surface area contributed by atoms with Gasteiger partial charge in [0.2, 0.25) is 9.84 Å². The fraction of sp³-hybridized carbons (Fsp3) is 0.438. The fourth-order valence-corrected chi connectivity index (χ4v) is 6.00. The van der Waals surface area contributed by atoms with E-state index in [0.717, 1.165) is 11.8 Å². The number of carbonyl (C=O) groups is 1. The van der Waals surface area contributed by atoms with Crippen LogP contribution in [0, 0.1) is 11.8 Å². The average Bonchev–Trinajstić information content (AvgIpc) is 2.84. The second-order valence-corrected chi connectivity index (χ2v) is 9.81. The molecule has 1 fully saturated rings. The van der Waals surface area contributed by atoms with Crippen LogP contribution in [0.15, 0.2) is 29.2 Å². The number of hydrogen-bond acceptors (Lipinski definition) is 6. The van der Waals surface area contributed by atoms with E-state index in [1.807, 2.05) is 0 Å². The number of ether oxygens (including phenoxy) is 1. The molecule has 1 saturated heterocycles. The highest BCUT2D eigenvalue weighted by Gasteiger charge is 2.49. The normalized spacial score (nSPS) is 22.5. The first-order valence-electron chi connectivity index (χ1n) is 7.21. The van der Waals surface area contributed by atoms with Crippen LogP contribution in [0.1, 0.15) is 20.8 Å². The molecule has 2 unspecified atom stereocenters. The van der Waals surface area contributed by atoms with Crippen molar-refractivity contribution in [2.45, 2.75) is 41.2 Å². The van der Waals surface area contributed by atoms with E-state index in [4.69, 9.17) is 4.74 Å². The van der Waals surface area contributed by atoms with Crippen LogP contribution in [0.5, 0.6) is 5.75 Å². The van der Waals surface area contributed by atoms with E-state index in [-0.39, 0.29) is 11.5 Å². The van der Waals surface area contributed by atoms with Gasteiger partial charge in [-0.15, -0.1) is 17.7 Å². The van der Waals surface area contributed by atoms with Crippen molar-refractivity contribution in [1.82, 2.24) is 5.32 Å². The van der Waals surface area contributed by atoms with Crippen LogP contribution in [-0.2, 0) is 14.6 Å². The van der Waals surface area contributed by atoms with E-state index < -0.39 is 31.3 Å². The number of rotatable bonds is 5. The molecular weight excluding hydrogens is 350 g/mol. The molecule has 2 rings (SSSR count). The van der Waals surface area contributed by atoms with Gasteiger partial charge in [0.15, 0.2) is 4.71 Å². The highest BCUT2D eigenvalue weighted by atomic mass is 32.3. The van der Waals surface area contributed by atoms with E-state index in [1.165, 1.54) is 12.1 Å². The standard InChI is InChI=1S/C16H19NO5S2/c1-4-5-10-22-11-6-8-12(9-7-11)24(20,21)15-17-13(14(18)19)16(2,3)23-15/h6-9,13,15,17H,10H2,1-3H3,(H,18,19). The largest absolute Gasteiger partial charge is 0.481 e. The molecule has 1 heterocycles. The van der Waals surface area contributed by atoms with E-state index in [1.54, 1.807) is 32.9 Å². The zero-order valence-corrected chi connectivity index (χ0v) is 15.2. The summed E-state index contributed by atoms with van der Waals surface area (Å²) >= 11 is 1.10. The number of hydrogen-bond donors (Lipinski definition) is 2. The summed E-state index contributed by atoms with van der Waals surface area (Å²) in [6.07, 6.45) is 0. The summed E-state index contributed by atoms with van der Waals surface area (Å²) in [5.41, 5.74) is 0. The van der Waals surface area contributed by atoms with E-state index >= 15 is 0 Å². The second-order valence-electron chi connectivity index (χ2n) is 5.72. The van der Waals surface area contributed by atoms with Gasteiger partial charge in [-0.2, -0.15) is 0 Å². The Morgan fingerprint density at radius 2 is 2.00 bits per heavy atom. The molecule has 8 heteroatoms. The first-order valence-corrected chi connectivity index (χ1v) is 9.64. The van der Waals surface area contributed by atoms with Crippen molar-refractivity contribution in [3.8, 4) is 17.6 Å². The van der Waals surface area contributed by atoms with Crippen molar-refractivity contribution in [2.24, 2.45) is 0 Å². The van der Waals surface area contributed by atoms with E-state index in [9.17, 15) is 18.3 Å². The minimum absolute atomic E-state index is 0.114. The Hall–Kier alpha value is -1.69. The Balaban J connectivity index is 2.18. The van der Waals surface area contributed by atoms with E-state index in [2.05, 4.69) is 17.2 Å². The zero-order valence-electron chi connectivity index (χ0n) is 13.6. The predicted molar refractivity (Wildman–Crippen MR) is 92.6 cm³/mol. The lowest BCUT2D eigenvalue weighted by Crippen LogP contribution is -2.45. The fourth-order valence-electron chi connectivity index (χ4n) is 2.28. The lowest BCUT2D eigenvalue weighted by molar-refractivity contribution is -0.139. The van der Waals surface area contributed by atoms with Gasteiger partial charge < -0.3 is 9.84 Å². The molecule has 0 spiro atoms. The molecule has 0 saturated carbocycles. The number of carboxylic acid groups (broad SMARTS) is 1. The van der Waals surface area contributed by atoms with Gasteiger partial charge in [-0.1, -0.05) is 5.92 Å². The van der Waals surface area contributed by atoms with Gasteiger partial charge in [0.1, 0.15) is 18.4 Å². The summed E-state index contributed by atoms with van der Waals surface area (Å²) in [7, 11) is -3.71. The molecule has 2 N–H and O–H groups in total. The topological polar surface area (TPSA) is 92.7 Å². The second kappa shape index (κ2) is 7.05. The Bertz CT molecular complexity index is 775. The molecule has 0 radical (unpaired) electrons. The summed E-state index contributed by atoms with van der Waals surface area (Å²) in [6, 6.07) is 5.09. The highest BCUT2D eigenvalue weighted by molar-refractivity contribution is 8.14. The van der Waals surface area contributed by atoms with Crippen LogP contribution < -0.4 is 10.1 Å². The highest BCUT2D eigenvalue weighted by Crippen LogP contribution is 2.41. The third kappa shape index (κ3) is 3.86. The first kappa shape index (κ1) is 18.6. The summed E-state index contributed by atoms with van der Waals surface area (Å²) < 4.78 is 29.1. The van der Waals surface area contributed by atoms with Crippen molar-refractivity contribution in [1.29, 1.82) is 0 Å². The summed E-state index contributed by atoms with van der Waals surface area (Å²) in [6.45, 7) is 5.36. The summed E-state index contributed by atoms with van der Waals surface area (Å²) in [5, 5.41) is 11.9. The first-order chi connectivity index (χ1) is 11.2. The van der Waals surface area contributed by atoms with Crippen molar-refractivity contribution in [3.63, 3.8) is 0 Å². The monoisotopic (exact) mass is 369 g/mol. The quantitative estimate of drug-likeness (QED) is 0.763. The molecule has 1 aliphatic rings. The maximum absolute atomic E-state index is 12.7. The molecule has 130 valence electrons. The number of sulfone groups is 1. The zero-order chi connectivity index (χ0) is 18.0. The summed E-state index contributed by atoms with van der Waals surface area (Å²) in [4.78, 5) is 11.4. The number of nitrogens with one attached hydrogen (secondary N) is 1. The van der Waals surface area contributed by atoms with Gasteiger partial charge in [-0.3, -0.25) is 10.1 Å². The molecule has 0 amide bonds. The van der Waals surface area contributed by atoms with Crippen LogP contribution in [0.25, 0.3) is 0 Å². The Kier molecular flexibility index (Phi) is 5.48. The molecule has 1 aliphatic heterocycles. The van der Waals surface area contributed by atoms with Crippen molar-refractivity contribution >= 4 is 27.6 Å². The maximum atomic E-state index is 12.7. The Morgan fingerprint density at radius 3 is 2.50 bits per heavy atom. The SMILES string of the molecule is CC#CCOc1ccc(S(=O)(=O)C2NC(C(=O)O)C(C)(C)S2)cc1. The third-order valence-electron chi connectivity index (χ3n) is 3.58. The lowest BCUT2D eigenvalue weighted by atomic mass is 10.0. The van der Waals surface area contributed by atoms with Crippen LogP contribution in [-0.4, -0.2) is 41.6 Å². The molecule has 1 aromatic carbocycles. The van der Waals surface area contributed by atoms with Gasteiger partial charge >= 0.3 is 5.97 Å². The van der Waals surface area contributed by atoms with Crippen molar-refractivity contribution in [3.05, 3.63) is 24.3 Å². The molecule has 0 aliphatic carbocycles. The Labute approximate surface area is 145 Å². The predicted octanol–water partition coefficient (Wildman–Crippen LogP) is 1.71. The maximum Gasteiger partial charge on any atom is 0.322 e. The molecule has 0 bridgehead atoms. The minimum atomic E-state index is -3.71. The molecular formula is C16H19NO5S2. The van der Waals surface area contributed by atoms with Crippen LogP contribution >= 0.6 is 11.8 Å². The number of benzene rings is 1. The minimum Gasteiger partial charge on any atom is -0.481 e. The van der Waals surface area contributed by atoms with E-state index in [0.29, 0.717) is 5.75 Å². The van der Waals surface area contributed by atoms with Gasteiger partial charge in [-0.25, -0.2) is 8.42 Å². The van der Waals surface area contributed by atoms with Crippen LogP contribution in [0.2, 0.25) is 0 Å². The van der Waals surface area contributed by atoms with Crippen LogP contribution in [0.3, 0.4) is 0 Å². The molecule has 24 heavy (non-hydrogen) atoms. The van der Waals surface area contributed by atoms with Gasteiger partial charge in [-0.05, 0) is 45.0 Å². The number of carboxylic acids is 1. The Morgan fingerprint density at radius 1 is 1.38 bits per heavy atom. The van der Waals surface area contributed by atoms with Crippen molar-refractivity contribution in [2.75, 3.05) is 6.61 Å². The summed E-state index contributed by atoms with van der Waals surface area (Å²) in [5.74, 6) is 4.91. The van der Waals surface area contributed by atoms with Crippen molar-refractivity contribution < 1.29 is 23.1 Å². The number of aliphatic carboxylic acids is 1. The molecule has 6 nitrogen and oxygen atoms in total. The van der Waals surface area contributed by atoms with Gasteiger partial charge in [0.25, 0.3) is 0 Å². The lowest BCUT2D eigenvalue weighted by Gasteiger charge is -2.20. The number of thioether (sulfide) groups is 1. The third-order valence-corrected chi connectivity index (χ3v) is 7.45. The smallest absolute Gasteiger partial charge is 0.322 e.